The molecule has 5 heterocycles. The molecule has 9 heteroatoms. The van der Waals surface area contributed by atoms with Gasteiger partial charge in [0.25, 0.3) is 5.91 Å². The molecule has 38 heavy (non-hydrogen) atoms. The molecule has 198 valence electrons. The van der Waals surface area contributed by atoms with Crippen molar-refractivity contribution in [2.45, 2.75) is 69.9 Å². The van der Waals surface area contributed by atoms with E-state index in [9.17, 15) is 14.3 Å². The normalized spacial score (nSPS) is 27.6. The van der Waals surface area contributed by atoms with Crippen molar-refractivity contribution in [3.05, 3.63) is 53.3 Å². The minimum Gasteiger partial charge on any atom is -0.385 e. The zero-order valence-electron chi connectivity index (χ0n) is 21.4. The van der Waals surface area contributed by atoms with Crippen molar-refractivity contribution >= 4 is 40.3 Å². The molecule has 2 aromatic heterocycles. The molecular weight excluding hydrogens is 505 g/mol. The van der Waals surface area contributed by atoms with Crippen LogP contribution in [-0.4, -0.2) is 54.7 Å². The van der Waals surface area contributed by atoms with Crippen LogP contribution in [0.3, 0.4) is 0 Å². The first-order chi connectivity index (χ1) is 17.8. The number of aryl methyl sites for hydroxylation is 1. The van der Waals surface area contributed by atoms with Gasteiger partial charge in [-0.2, -0.15) is 0 Å². The maximum absolute atomic E-state index is 14.1. The number of carbonyl (C=O) groups is 1. The van der Waals surface area contributed by atoms with Crippen LogP contribution in [0.2, 0.25) is 0 Å². The standard InChI is InChI=1S/C29H30FN5O2.ClH/c1-15-25-22(31-25)14-34(15)28(36)18-10-20-26-21(11-18)32-27(33(26)8-7-29(20,2)37)24-12-17-9-19(30)5-6-23(17)35(24)13-16-3-4-16;/h5-6,9-12,15-16,22,25,31,37H,3-4,7-8,13-14H2,1-2H3;1H. The number of rotatable bonds is 4. The highest BCUT2D eigenvalue weighted by Crippen LogP contribution is 2.42. The van der Waals surface area contributed by atoms with Gasteiger partial charge in [0.1, 0.15) is 5.82 Å². The molecule has 3 fully saturated rings. The largest absolute Gasteiger partial charge is 0.385 e. The molecule has 1 amide bonds. The molecular formula is C29H31ClFN5O2. The third-order valence-electron chi connectivity index (χ3n) is 9.12. The number of piperazine rings is 1. The molecule has 0 radical (unpaired) electrons. The summed E-state index contributed by atoms with van der Waals surface area (Å²) in [5.74, 6) is 1.19. The maximum Gasteiger partial charge on any atom is 0.254 e. The number of aliphatic hydroxyl groups is 1. The molecule has 8 rings (SSSR count). The second-order valence-corrected chi connectivity index (χ2v) is 11.8. The summed E-state index contributed by atoms with van der Waals surface area (Å²) in [7, 11) is 0. The minimum absolute atomic E-state index is 0. The number of hydrogen-bond acceptors (Lipinski definition) is 4. The molecule has 1 saturated carbocycles. The Morgan fingerprint density at radius 3 is 2.79 bits per heavy atom. The smallest absolute Gasteiger partial charge is 0.254 e. The summed E-state index contributed by atoms with van der Waals surface area (Å²) in [6.45, 7) is 6.14. The number of halogens is 2. The van der Waals surface area contributed by atoms with Gasteiger partial charge in [0, 0.05) is 59.8 Å². The topological polar surface area (TPSA) is 85.2 Å². The van der Waals surface area contributed by atoms with E-state index in [0.29, 0.717) is 43.1 Å². The van der Waals surface area contributed by atoms with Crippen LogP contribution in [0.5, 0.6) is 0 Å². The van der Waals surface area contributed by atoms with Crippen molar-refractivity contribution < 1.29 is 14.3 Å². The highest BCUT2D eigenvalue weighted by Gasteiger charge is 2.52. The van der Waals surface area contributed by atoms with E-state index in [-0.39, 0.29) is 30.2 Å². The SMILES string of the molecule is CC1C2NC2CN1C(=O)c1cc2c3c(c1)nc(-c1cc4cc(F)ccc4n1CC1CC1)n3CCC2(C)O.Cl. The average Bonchev–Trinajstić information content (AvgIpc) is 3.75. The lowest BCUT2D eigenvalue weighted by atomic mass is 9.87. The van der Waals surface area contributed by atoms with Crippen LogP contribution in [0.15, 0.2) is 36.4 Å². The number of hydrogen-bond donors (Lipinski definition) is 2. The first-order valence-corrected chi connectivity index (χ1v) is 13.4. The first-order valence-electron chi connectivity index (χ1n) is 13.4. The Kier molecular flexibility index (Phi) is 5.10. The van der Waals surface area contributed by atoms with E-state index in [1.54, 1.807) is 6.07 Å². The number of nitrogens with zero attached hydrogens (tertiary/aromatic N) is 4. The van der Waals surface area contributed by atoms with E-state index in [1.165, 1.54) is 18.9 Å². The Morgan fingerprint density at radius 2 is 2.05 bits per heavy atom. The van der Waals surface area contributed by atoms with E-state index in [2.05, 4.69) is 21.4 Å². The monoisotopic (exact) mass is 535 g/mol. The van der Waals surface area contributed by atoms with Gasteiger partial charge in [-0.15, -0.1) is 12.4 Å². The van der Waals surface area contributed by atoms with Gasteiger partial charge in [-0.3, -0.25) is 4.79 Å². The summed E-state index contributed by atoms with van der Waals surface area (Å²) >= 11 is 0. The highest BCUT2D eigenvalue weighted by atomic mass is 35.5. The number of likely N-dealkylation sites (tertiary alicyclic amines) is 1. The maximum atomic E-state index is 14.1. The van der Waals surface area contributed by atoms with Crippen molar-refractivity contribution in [3.63, 3.8) is 0 Å². The van der Waals surface area contributed by atoms with Crippen molar-refractivity contribution in [1.29, 1.82) is 0 Å². The summed E-state index contributed by atoms with van der Waals surface area (Å²) in [6.07, 6.45) is 2.95. The zero-order valence-corrected chi connectivity index (χ0v) is 22.3. The van der Waals surface area contributed by atoms with Crippen LogP contribution in [0.1, 0.15) is 49.0 Å². The van der Waals surface area contributed by atoms with Crippen LogP contribution < -0.4 is 5.32 Å². The second-order valence-electron chi connectivity index (χ2n) is 11.8. The molecule has 4 aromatic rings. The van der Waals surface area contributed by atoms with Gasteiger partial charge in [0.2, 0.25) is 0 Å². The Balaban J connectivity index is 0.00000242. The van der Waals surface area contributed by atoms with Crippen LogP contribution in [0.4, 0.5) is 4.39 Å². The number of amides is 1. The molecule has 1 aliphatic carbocycles. The predicted octanol–water partition coefficient (Wildman–Crippen LogP) is 4.42. The number of carbonyl (C=O) groups excluding carboxylic acids is 1. The Bertz CT molecular complexity index is 1640. The van der Waals surface area contributed by atoms with Gasteiger partial charge in [0.05, 0.1) is 22.3 Å². The van der Waals surface area contributed by atoms with Crippen LogP contribution in [-0.2, 0) is 18.7 Å². The molecule has 7 nitrogen and oxygen atoms in total. The van der Waals surface area contributed by atoms with Gasteiger partial charge in [-0.25, -0.2) is 9.37 Å². The van der Waals surface area contributed by atoms with Crippen LogP contribution in [0.25, 0.3) is 33.5 Å². The predicted molar refractivity (Wildman–Crippen MR) is 146 cm³/mol. The summed E-state index contributed by atoms with van der Waals surface area (Å²) < 4.78 is 18.6. The summed E-state index contributed by atoms with van der Waals surface area (Å²) in [5, 5.41) is 15.7. The van der Waals surface area contributed by atoms with Crippen molar-refractivity contribution in [2.24, 2.45) is 5.92 Å². The Morgan fingerprint density at radius 1 is 1.24 bits per heavy atom. The number of nitrogens with one attached hydrogen (secondary N) is 1. The molecule has 0 spiro atoms. The highest BCUT2D eigenvalue weighted by molar-refractivity contribution is 6.00. The lowest BCUT2D eigenvalue weighted by molar-refractivity contribution is 0.0398. The Labute approximate surface area is 226 Å². The third-order valence-corrected chi connectivity index (χ3v) is 9.12. The van der Waals surface area contributed by atoms with Gasteiger partial charge in [0.15, 0.2) is 5.82 Å². The fraction of sp³-hybridized carbons (Fsp3) is 0.448. The first kappa shape index (κ1) is 24.1. The molecule has 4 atom stereocenters. The van der Waals surface area contributed by atoms with E-state index in [0.717, 1.165) is 45.6 Å². The summed E-state index contributed by atoms with van der Waals surface area (Å²) in [4.78, 5) is 20.6. The van der Waals surface area contributed by atoms with Crippen LogP contribution in [0, 0.1) is 11.7 Å². The van der Waals surface area contributed by atoms with E-state index in [4.69, 9.17) is 4.98 Å². The van der Waals surface area contributed by atoms with Crippen molar-refractivity contribution in [3.8, 4) is 11.5 Å². The Hall–Kier alpha value is -2.94. The number of benzene rings is 2. The summed E-state index contributed by atoms with van der Waals surface area (Å²) in [5.41, 5.74) is 3.86. The third kappa shape index (κ3) is 3.46. The van der Waals surface area contributed by atoms with Crippen LogP contribution >= 0.6 is 12.4 Å². The number of fused-ring (bicyclic) bond motifs is 2. The van der Waals surface area contributed by atoms with Gasteiger partial charge in [-0.05, 0) is 75.4 Å². The van der Waals surface area contributed by atoms with Gasteiger partial charge in [-0.1, -0.05) is 0 Å². The van der Waals surface area contributed by atoms with E-state index < -0.39 is 5.60 Å². The van der Waals surface area contributed by atoms with E-state index >= 15 is 0 Å². The molecule has 2 N–H and O–H groups in total. The second kappa shape index (κ2) is 8.04. The quantitative estimate of drug-likeness (QED) is 0.379. The van der Waals surface area contributed by atoms with E-state index in [1.807, 2.05) is 36.1 Å². The average molecular weight is 536 g/mol. The molecule has 4 unspecified atom stereocenters. The van der Waals surface area contributed by atoms with Crippen molar-refractivity contribution in [1.82, 2.24) is 24.3 Å². The fourth-order valence-electron chi connectivity index (χ4n) is 6.70. The molecule has 2 aromatic carbocycles. The molecule has 2 saturated heterocycles. The molecule has 4 aliphatic rings. The minimum atomic E-state index is -1.05. The van der Waals surface area contributed by atoms with Gasteiger partial charge >= 0.3 is 0 Å². The van der Waals surface area contributed by atoms with Crippen molar-refractivity contribution in [2.75, 3.05) is 6.54 Å². The lowest BCUT2D eigenvalue weighted by Crippen LogP contribution is -2.40. The number of aromatic nitrogens is 3. The lowest BCUT2D eigenvalue weighted by Gasteiger charge is -2.31. The molecule has 0 bridgehead atoms. The number of imidazole rings is 1. The summed E-state index contributed by atoms with van der Waals surface area (Å²) in [6, 6.07) is 11.7. The van der Waals surface area contributed by atoms with Gasteiger partial charge < -0.3 is 24.5 Å². The zero-order chi connectivity index (χ0) is 25.2. The molecule has 3 aliphatic heterocycles. The fourth-order valence-corrected chi connectivity index (χ4v) is 6.70.